The standard InChI is InChI=1S/C120H131NO7/c1-72(2)66-116(19,20)76-37-51-86(52-38-76)126-97-63-93(75-29-43-81(44-30-75)121(82-45-33-77(34-46-82)117(21,22)68-112(7,8)9)83-47-35-78(36-48-83)118(23,24)69-113(10,11)12)88-61-62-96(124-85-53-39-79(40-54-85)119(25,26)70-114(13,14)15)103-89-57-59-91-101-92(60-58-90(100(89)101)104(97)107(88)103)106-99(127-87-55-41-80(42-56-87)120(27,28)71-115(16,17)18)65-95-102-94(109(122)128-110(95)123)64-98(105(91)108(102)106)125-84-49-31-74(32-50-84)73(3)67-111(4,5)6/h29-65,67H,1,66,68-71H2,2-28H3/b73-67+. The first-order valence-electron chi connectivity index (χ1n) is 46.1. The van der Waals surface area contributed by atoms with E-state index in [0.717, 1.165) is 131 Å². The van der Waals surface area contributed by atoms with Crippen LogP contribution in [0.4, 0.5) is 17.1 Å². The lowest BCUT2D eigenvalue weighted by Crippen LogP contribution is -2.25. The van der Waals surface area contributed by atoms with Crippen molar-refractivity contribution < 1.29 is 33.3 Å². The van der Waals surface area contributed by atoms with Crippen LogP contribution in [-0.2, 0) is 31.8 Å². The maximum atomic E-state index is 14.8. The molecule has 0 aliphatic carbocycles. The highest BCUT2D eigenvalue weighted by Gasteiger charge is 2.38. The Balaban J connectivity index is 0.986. The van der Waals surface area contributed by atoms with E-state index in [1.807, 2.05) is 24.3 Å². The molecule has 0 amide bonds. The molecule has 0 aromatic heterocycles. The summed E-state index contributed by atoms with van der Waals surface area (Å²) >= 11 is 0. The molecule has 0 spiro atoms. The van der Waals surface area contributed by atoms with Gasteiger partial charge < -0.3 is 28.6 Å². The predicted octanol–water partition coefficient (Wildman–Crippen LogP) is 35.8. The van der Waals surface area contributed by atoms with Crippen molar-refractivity contribution >= 4 is 110 Å². The summed E-state index contributed by atoms with van der Waals surface area (Å²) < 4.78 is 35.8. The number of hydrogen-bond donors (Lipinski definition) is 0. The van der Waals surface area contributed by atoms with E-state index < -0.39 is 11.9 Å². The number of nitrogens with zero attached hydrogens (tertiary/aromatic N) is 1. The molecule has 0 saturated heterocycles. The highest BCUT2D eigenvalue weighted by molar-refractivity contribution is 6.46. The highest BCUT2D eigenvalue weighted by Crippen LogP contribution is 2.59. The van der Waals surface area contributed by atoms with Crippen LogP contribution in [-0.4, -0.2) is 11.9 Å². The van der Waals surface area contributed by atoms with Gasteiger partial charge in [-0.1, -0.05) is 294 Å². The van der Waals surface area contributed by atoms with E-state index in [0.29, 0.717) is 67.5 Å². The molecule has 128 heavy (non-hydrogen) atoms. The van der Waals surface area contributed by atoms with Gasteiger partial charge in [-0.3, -0.25) is 0 Å². The molecule has 0 N–H and O–H groups in total. The van der Waals surface area contributed by atoms with E-state index in [9.17, 15) is 9.59 Å². The van der Waals surface area contributed by atoms with Gasteiger partial charge in [0.1, 0.15) is 46.0 Å². The molecule has 8 heteroatoms. The predicted molar refractivity (Wildman–Crippen MR) is 541 cm³/mol. The van der Waals surface area contributed by atoms with Crippen molar-refractivity contribution in [2.24, 2.45) is 27.1 Å². The number of esters is 2. The zero-order chi connectivity index (χ0) is 92.0. The number of cyclic esters (lactones) is 2. The molecule has 8 nitrogen and oxygen atoms in total. The van der Waals surface area contributed by atoms with E-state index in [4.69, 9.17) is 23.7 Å². The topological polar surface area (TPSA) is 83.5 Å². The number of benzene rings is 15. The second kappa shape index (κ2) is 32.2. The number of carbonyl (C=O) groups excluding carboxylic acids is 2. The van der Waals surface area contributed by atoms with Gasteiger partial charge in [0, 0.05) is 54.8 Å². The summed E-state index contributed by atoms with van der Waals surface area (Å²) in [4.78, 5) is 31.9. The molecule has 16 rings (SSSR count). The van der Waals surface area contributed by atoms with Crippen LogP contribution >= 0.6 is 0 Å². The van der Waals surface area contributed by atoms with E-state index in [1.54, 1.807) is 12.1 Å². The smallest absolute Gasteiger partial charge is 0.346 e. The van der Waals surface area contributed by atoms with Crippen molar-refractivity contribution in [3.63, 3.8) is 0 Å². The third-order valence-electron chi connectivity index (χ3n) is 26.1. The minimum atomic E-state index is -0.759. The van der Waals surface area contributed by atoms with Gasteiger partial charge in [0.15, 0.2) is 0 Å². The van der Waals surface area contributed by atoms with Gasteiger partial charge in [-0.05, 0) is 303 Å². The molecule has 0 saturated carbocycles. The Labute approximate surface area is 760 Å². The van der Waals surface area contributed by atoms with Gasteiger partial charge in [0.2, 0.25) is 0 Å². The number of ether oxygens (including phenoxy) is 5. The lowest BCUT2D eigenvalue weighted by molar-refractivity contribution is 0.0390. The third kappa shape index (κ3) is 18.0. The number of carbonyl (C=O) groups is 2. The summed E-state index contributed by atoms with van der Waals surface area (Å²) in [5.41, 5.74) is 14.9. The molecule has 1 aliphatic rings. The van der Waals surface area contributed by atoms with Crippen molar-refractivity contribution in [1.29, 1.82) is 0 Å². The SMILES string of the molecule is C=C(C)CC(C)(C)c1ccc(Oc2cc(-c3ccc(N(c4ccc(C(C)(C)CC(C)(C)C)cc4)c4ccc(C(C)(C)CC(C)(C)C)cc4)cc3)c3ccc(Oc4ccc(C(C)(C)CC(C)(C)C)cc4)c4c5ccc6c7c(Oc8ccc(/C(C)=C/C(C)(C)C)cc8)cc8c9c(cc(Oc%10ccc(C(C)(C)CC(C)(C)C)cc%10)c(c%10ccc(c2c34)c5c6%10)c97)C(=O)OC8=O)cc1. The van der Waals surface area contributed by atoms with Crippen molar-refractivity contribution in [3.05, 3.63) is 287 Å². The zero-order valence-corrected chi connectivity index (χ0v) is 81.0. The minimum Gasteiger partial charge on any atom is -0.457 e. The largest absolute Gasteiger partial charge is 0.457 e. The monoisotopic (exact) mass is 1700 g/mol. The van der Waals surface area contributed by atoms with Crippen molar-refractivity contribution in [2.75, 3.05) is 4.90 Å². The van der Waals surface area contributed by atoms with Crippen molar-refractivity contribution in [1.82, 2.24) is 0 Å². The summed E-state index contributed by atoms with van der Waals surface area (Å²) in [6.07, 6.45) is 7.13. The van der Waals surface area contributed by atoms with Crippen LogP contribution in [0.5, 0.6) is 46.0 Å². The highest BCUT2D eigenvalue weighted by atomic mass is 16.6. The first-order chi connectivity index (χ1) is 59.8. The molecule has 658 valence electrons. The average molecular weight is 1700 g/mol. The third-order valence-corrected chi connectivity index (χ3v) is 26.1. The molecule has 0 fully saturated rings. The van der Waals surface area contributed by atoms with Gasteiger partial charge >= 0.3 is 11.9 Å². The first kappa shape index (κ1) is 89.6. The van der Waals surface area contributed by atoms with Crippen LogP contribution in [0.1, 0.15) is 273 Å². The van der Waals surface area contributed by atoms with E-state index in [2.05, 4.69) is 393 Å². The van der Waals surface area contributed by atoms with E-state index >= 15 is 0 Å². The fraction of sp³-hybridized carbons (Fsp3) is 0.350. The Bertz CT molecular complexity index is 6760. The van der Waals surface area contributed by atoms with Gasteiger partial charge in [0.25, 0.3) is 0 Å². The van der Waals surface area contributed by atoms with Crippen molar-refractivity contribution in [2.45, 2.75) is 246 Å². The molecule has 15 aromatic rings. The van der Waals surface area contributed by atoms with E-state index in [1.165, 1.54) is 27.8 Å². The molecule has 0 bridgehead atoms. The van der Waals surface area contributed by atoms with Crippen LogP contribution in [0, 0.1) is 27.1 Å². The molecular weight excluding hydrogens is 1570 g/mol. The van der Waals surface area contributed by atoms with Gasteiger partial charge in [-0.2, -0.15) is 0 Å². The fourth-order valence-corrected chi connectivity index (χ4v) is 22.4. The summed E-state index contributed by atoms with van der Waals surface area (Å²) in [6.45, 7) is 66.2. The summed E-state index contributed by atoms with van der Waals surface area (Å²) in [6, 6.07) is 80.6. The Morgan fingerprint density at radius 2 is 0.594 bits per heavy atom. The van der Waals surface area contributed by atoms with Gasteiger partial charge in [0.05, 0.1) is 11.1 Å². The lowest BCUT2D eigenvalue weighted by Gasteiger charge is -2.34. The quantitative estimate of drug-likeness (QED) is 0.0195. The first-order valence-corrected chi connectivity index (χ1v) is 46.1. The maximum Gasteiger partial charge on any atom is 0.346 e. The van der Waals surface area contributed by atoms with Gasteiger partial charge in [-0.25, -0.2) is 9.59 Å². The van der Waals surface area contributed by atoms with E-state index in [-0.39, 0.29) is 65.3 Å². The van der Waals surface area contributed by atoms with Crippen LogP contribution in [0.25, 0.3) is 92.1 Å². The second-order valence-electron chi connectivity index (χ2n) is 46.4. The molecule has 0 radical (unpaired) electrons. The minimum absolute atomic E-state index is 0.0486. The van der Waals surface area contributed by atoms with Crippen LogP contribution < -0.4 is 23.8 Å². The normalized spacial score (nSPS) is 13.8. The fourth-order valence-electron chi connectivity index (χ4n) is 22.4. The van der Waals surface area contributed by atoms with Crippen LogP contribution in [0.15, 0.2) is 243 Å². The number of anilines is 3. The number of fused-ring (bicyclic) bond motifs is 4. The molecule has 1 aliphatic heterocycles. The Morgan fingerprint density at radius 1 is 0.305 bits per heavy atom. The van der Waals surface area contributed by atoms with Gasteiger partial charge in [-0.15, -0.1) is 6.58 Å². The Kier molecular flexibility index (Phi) is 22.5. The number of hydrogen-bond acceptors (Lipinski definition) is 8. The number of rotatable bonds is 24. The summed E-state index contributed by atoms with van der Waals surface area (Å²) in [5, 5.41) is 11.7. The van der Waals surface area contributed by atoms with Crippen molar-refractivity contribution in [3.8, 4) is 57.1 Å². The average Bonchev–Trinajstić information content (AvgIpc) is 0.672. The molecule has 0 unspecified atom stereocenters. The Hall–Kier alpha value is -11.7. The lowest BCUT2D eigenvalue weighted by atomic mass is 9.72. The summed E-state index contributed by atoms with van der Waals surface area (Å²) in [7, 11) is 0. The number of allylic oxidation sites excluding steroid dienone is 3. The molecular formula is C120H131NO7. The molecule has 1 heterocycles. The molecule has 0 atom stereocenters. The maximum absolute atomic E-state index is 14.8. The van der Waals surface area contributed by atoms with Crippen LogP contribution in [0.3, 0.4) is 0 Å². The van der Waals surface area contributed by atoms with Crippen LogP contribution in [0.2, 0.25) is 0 Å². The Morgan fingerprint density at radius 3 is 0.930 bits per heavy atom. The zero-order valence-electron chi connectivity index (χ0n) is 81.0. The molecule has 15 aromatic carbocycles. The second-order valence-corrected chi connectivity index (χ2v) is 46.4. The summed E-state index contributed by atoms with van der Waals surface area (Å²) in [5.74, 6) is 3.13.